The van der Waals surface area contributed by atoms with Crippen LogP contribution >= 0.6 is 0 Å². The van der Waals surface area contributed by atoms with Crippen molar-refractivity contribution in [1.82, 2.24) is 4.90 Å². The van der Waals surface area contributed by atoms with Crippen LogP contribution in [-0.2, 0) is 25.7 Å². The maximum atomic E-state index is 13.2. The standard InChI is InChI=1S/C22H19FN2O6/c1-31-17-8-2-14(3-9-17)13-24(19(26)10-11-21(28)29)18-12-20(27)25(22(18)30)16-6-4-15(23)5-7-16/h2-11,18H,12-13H2,1H3,(H,28,29)/b11-10-/t18-/m1/s1. The van der Waals surface area contributed by atoms with Crippen LogP contribution in [0.1, 0.15) is 12.0 Å². The third-order valence-corrected chi connectivity index (χ3v) is 4.75. The molecule has 31 heavy (non-hydrogen) atoms. The predicted molar refractivity (Wildman–Crippen MR) is 108 cm³/mol. The van der Waals surface area contributed by atoms with Crippen molar-refractivity contribution in [3.05, 3.63) is 72.1 Å². The summed E-state index contributed by atoms with van der Waals surface area (Å²) in [7, 11) is 1.51. The molecule has 1 atom stereocenters. The molecule has 2 aromatic carbocycles. The number of carbonyl (C=O) groups is 4. The molecule has 2 aromatic rings. The topological polar surface area (TPSA) is 104 Å². The first-order valence-corrected chi connectivity index (χ1v) is 9.27. The van der Waals surface area contributed by atoms with Crippen molar-refractivity contribution in [2.75, 3.05) is 12.0 Å². The summed E-state index contributed by atoms with van der Waals surface area (Å²) in [5.41, 5.74) is 0.843. The second kappa shape index (κ2) is 9.21. The number of imide groups is 1. The quantitative estimate of drug-likeness (QED) is 0.537. The number of halogens is 1. The summed E-state index contributed by atoms with van der Waals surface area (Å²) in [6.07, 6.45) is 1.23. The largest absolute Gasteiger partial charge is 0.497 e. The maximum Gasteiger partial charge on any atom is 0.328 e. The van der Waals surface area contributed by atoms with Crippen LogP contribution in [-0.4, -0.2) is 46.8 Å². The van der Waals surface area contributed by atoms with Crippen molar-refractivity contribution < 1.29 is 33.4 Å². The first-order chi connectivity index (χ1) is 14.8. The van der Waals surface area contributed by atoms with Gasteiger partial charge in [-0.2, -0.15) is 0 Å². The van der Waals surface area contributed by atoms with Crippen LogP contribution in [0.15, 0.2) is 60.7 Å². The van der Waals surface area contributed by atoms with Gasteiger partial charge in [0.1, 0.15) is 17.6 Å². The molecule has 1 aliphatic rings. The van der Waals surface area contributed by atoms with Gasteiger partial charge >= 0.3 is 5.97 Å². The Kier molecular flexibility index (Phi) is 6.44. The minimum atomic E-state index is -1.32. The number of ether oxygens (including phenoxy) is 1. The number of carbonyl (C=O) groups excluding carboxylic acids is 3. The minimum absolute atomic E-state index is 0.0340. The Balaban J connectivity index is 1.91. The fourth-order valence-corrected chi connectivity index (χ4v) is 3.23. The summed E-state index contributed by atoms with van der Waals surface area (Å²) in [6, 6.07) is 10.5. The molecule has 0 radical (unpaired) electrons. The molecule has 0 aliphatic carbocycles. The molecular weight excluding hydrogens is 407 g/mol. The zero-order valence-electron chi connectivity index (χ0n) is 16.5. The lowest BCUT2D eigenvalue weighted by atomic mass is 10.1. The highest BCUT2D eigenvalue weighted by Crippen LogP contribution is 2.27. The van der Waals surface area contributed by atoms with E-state index >= 15 is 0 Å². The molecule has 1 aliphatic heterocycles. The first-order valence-electron chi connectivity index (χ1n) is 9.27. The van der Waals surface area contributed by atoms with Gasteiger partial charge in [-0.05, 0) is 42.0 Å². The van der Waals surface area contributed by atoms with Crippen LogP contribution in [0.5, 0.6) is 5.75 Å². The van der Waals surface area contributed by atoms with Crippen LogP contribution in [0.25, 0.3) is 0 Å². The highest BCUT2D eigenvalue weighted by molar-refractivity contribution is 6.23. The zero-order chi connectivity index (χ0) is 22.5. The Bertz CT molecular complexity index is 1030. The minimum Gasteiger partial charge on any atom is -0.497 e. The summed E-state index contributed by atoms with van der Waals surface area (Å²) in [6.45, 7) is -0.0340. The Morgan fingerprint density at radius 1 is 1.13 bits per heavy atom. The number of benzene rings is 2. The summed E-state index contributed by atoms with van der Waals surface area (Å²) < 4.78 is 18.3. The molecule has 1 fully saturated rings. The molecular formula is C22H19FN2O6. The fourth-order valence-electron chi connectivity index (χ4n) is 3.23. The highest BCUT2D eigenvalue weighted by atomic mass is 19.1. The van der Waals surface area contributed by atoms with Gasteiger partial charge in [-0.3, -0.25) is 14.4 Å². The van der Waals surface area contributed by atoms with Crippen molar-refractivity contribution in [1.29, 1.82) is 0 Å². The van der Waals surface area contributed by atoms with Gasteiger partial charge in [0.25, 0.3) is 5.91 Å². The SMILES string of the molecule is COc1ccc(CN(C(=O)/C=C\C(=O)O)[C@@H]2CC(=O)N(c3ccc(F)cc3)C2=O)cc1. The van der Waals surface area contributed by atoms with Gasteiger partial charge in [0, 0.05) is 18.7 Å². The second-order valence-electron chi connectivity index (χ2n) is 6.75. The van der Waals surface area contributed by atoms with Crippen molar-refractivity contribution in [3.8, 4) is 5.75 Å². The van der Waals surface area contributed by atoms with Crippen molar-refractivity contribution >= 4 is 29.4 Å². The van der Waals surface area contributed by atoms with E-state index in [1.54, 1.807) is 24.3 Å². The Morgan fingerprint density at radius 2 is 1.77 bits per heavy atom. The lowest BCUT2D eigenvalue weighted by molar-refractivity contribution is -0.135. The molecule has 0 aromatic heterocycles. The number of hydrogen-bond donors (Lipinski definition) is 1. The van der Waals surface area contributed by atoms with E-state index in [1.165, 1.54) is 19.2 Å². The third kappa shape index (κ3) is 4.95. The number of carboxylic acids is 1. The number of carboxylic acid groups (broad SMARTS) is 1. The van der Waals surface area contributed by atoms with E-state index in [0.29, 0.717) is 17.4 Å². The van der Waals surface area contributed by atoms with Crippen LogP contribution in [0.4, 0.5) is 10.1 Å². The fraction of sp³-hybridized carbons (Fsp3) is 0.182. The van der Waals surface area contributed by atoms with E-state index < -0.39 is 35.5 Å². The summed E-state index contributed by atoms with van der Waals surface area (Å²) in [4.78, 5) is 51.2. The van der Waals surface area contributed by atoms with Gasteiger partial charge in [-0.15, -0.1) is 0 Å². The smallest absolute Gasteiger partial charge is 0.328 e. The van der Waals surface area contributed by atoms with Crippen LogP contribution in [0, 0.1) is 5.82 Å². The van der Waals surface area contributed by atoms with Gasteiger partial charge in [-0.1, -0.05) is 12.1 Å². The van der Waals surface area contributed by atoms with E-state index in [2.05, 4.69) is 0 Å². The van der Waals surface area contributed by atoms with E-state index in [4.69, 9.17) is 9.84 Å². The molecule has 0 unspecified atom stereocenters. The van der Waals surface area contributed by atoms with E-state index in [-0.39, 0.29) is 18.7 Å². The molecule has 1 N–H and O–H groups in total. The molecule has 1 saturated heterocycles. The number of methoxy groups -OCH3 is 1. The Hall–Kier alpha value is -4.01. The summed E-state index contributed by atoms with van der Waals surface area (Å²) >= 11 is 0. The Morgan fingerprint density at radius 3 is 2.35 bits per heavy atom. The number of rotatable bonds is 7. The van der Waals surface area contributed by atoms with Crippen molar-refractivity contribution in [2.45, 2.75) is 19.0 Å². The van der Waals surface area contributed by atoms with E-state index in [1.807, 2.05) is 0 Å². The molecule has 0 spiro atoms. The van der Waals surface area contributed by atoms with Crippen molar-refractivity contribution in [2.24, 2.45) is 0 Å². The van der Waals surface area contributed by atoms with Crippen LogP contribution in [0.2, 0.25) is 0 Å². The molecule has 8 nitrogen and oxygen atoms in total. The number of nitrogens with zero attached hydrogens (tertiary/aromatic N) is 2. The summed E-state index contributed by atoms with van der Waals surface area (Å²) in [5, 5.41) is 8.83. The average molecular weight is 426 g/mol. The molecule has 3 amide bonds. The maximum absolute atomic E-state index is 13.2. The zero-order valence-corrected chi connectivity index (χ0v) is 16.5. The average Bonchev–Trinajstić information content (AvgIpc) is 3.05. The number of anilines is 1. The second-order valence-corrected chi connectivity index (χ2v) is 6.75. The van der Waals surface area contributed by atoms with E-state index in [9.17, 15) is 23.6 Å². The lowest BCUT2D eigenvalue weighted by Gasteiger charge is -2.26. The molecule has 9 heteroatoms. The third-order valence-electron chi connectivity index (χ3n) is 4.75. The monoisotopic (exact) mass is 426 g/mol. The first kappa shape index (κ1) is 21.7. The van der Waals surface area contributed by atoms with E-state index in [0.717, 1.165) is 28.0 Å². The lowest BCUT2D eigenvalue weighted by Crippen LogP contribution is -2.44. The predicted octanol–water partition coefficient (Wildman–Crippen LogP) is 2.14. The molecule has 0 saturated carbocycles. The number of amides is 3. The van der Waals surface area contributed by atoms with Gasteiger partial charge in [0.15, 0.2) is 0 Å². The number of hydrogen-bond acceptors (Lipinski definition) is 5. The highest BCUT2D eigenvalue weighted by Gasteiger charge is 2.44. The van der Waals surface area contributed by atoms with Gasteiger partial charge in [0.2, 0.25) is 11.8 Å². The van der Waals surface area contributed by atoms with Crippen LogP contribution in [0.3, 0.4) is 0 Å². The number of aliphatic carboxylic acids is 1. The summed E-state index contributed by atoms with van der Waals surface area (Å²) in [5.74, 6) is -3.17. The molecule has 0 bridgehead atoms. The van der Waals surface area contributed by atoms with Gasteiger partial charge in [-0.25, -0.2) is 14.1 Å². The molecule has 160 valence electrons. The van der Waals surface area contributed by atoms with Crippen LogP contribution < -0.4 is 9.64 Å². The Labute approximate surface area is 177 Å². The van der Waals surface area contributed by atoms with Gasteiger partial charge in [0.05, 0.1) is 19.2 Å². The molecule has 3 rings (SSSR count). The van der Waals surface area contributed by atoms with Crippen molar-refractivity contribution in [3.63, 3.8) is 0 Å². The van der Waals surface area contributed by atoms with Gasteiger partial charge < -0.3 is 14.7 Å². The normalized spacial score (nSPS) is 16.1. The molecule has 1 heterocycles.